The lowest BCUT2D eigenvalue weighted by atomic mass is 9.42. The molecule has 15 atom stereocenters. The number of fused-ring (bicyclic) bond motifs is 3. The average molecular weight is 581 g/mol. The van der Waals surface area contributed by atoms with Crippen LogP contribution in [0.4, 0.5) is 0 Å². The van der Waals surface area contributed by atoms with Crippen molar-refractivity contribution < 1.29 is 39.4 Å². The zero-order valence-corrected chi connectivity index (χ0v) is 25.2. The smallest absolute Gasteiger partial charge is 0.303 e. The maximum absolute atomic E-state index is 11.7. The lowest BCUT2D eigenvalue weighted by molar-refractivity contribution is -0.310. The van der Waals surface area contributed by atoms with Gasteiger partial charge in [0.25, 0.3) is 0 Å². The SMILES string of the molecule is CN(C)[C@@H]1[C@@H](O)[C@H](O[C@H]2CC[C@@]3(C)[C@H](CC[C@@H]4[C@@H]3CC[C@]3(C)[C@@H]5CC[C@]43O[C@H](N)[C@@H]5CC(=O)O)C2)O[C@H](CO)[C@H]1O. The number of nitrogens with two attached hydrogens (primary N) is 1. The number of carboxylic acids is 1. The first-order chi connectivity index (χ1) is 19.4. The second-order valence-corrected chi connectivity index (χ2v) is 15.0. The van der Waals surface area contributed by atoms with Gasteiger partial charge in [-0.25, -0.2) is 0 Å². The molecular weight excluding hydrogens is 528 g/mol. The van der Waals surface area contributed by atoms with Crippen LogP contribution in [0, 0.1) is 40.4 Å². The summed E-state index contributed by atoms with van der Waals surface area (Å²) in [6.07, 6.45) is 4.94. The molecule has 6 rings (SSSR count). The number of ether oxygens (including phenoxy) is 3. The molecule has 4 saturated carbocycles. The Morgan fingerprint density at radius 2 is 1.73 bits per heavy atom. The van der Waals surface area contributed by atoms with Crippen molar-refractivity contribution in [3.05, 3.63) is 0 Å². The maximum atomic E-state index is 11.7. The van der Waals surface area contributed by atoms with Crippen LogP contribution in [0.2, 0.25) is 0 Å². The van der Waals surface area contributed by atoms with E-state index in [4.69, 9.17) is 19.9 Å². The minimum atomic E-state index is -1.02. The molecule has 0 amide bonds. The quantitative estimate of drug-likeness (QED) is 0.294. The number of hydrogen-bond acceptors (Lipinski definition) is 9. The highest BCUT2D eigenvalue weighted by Crippen LogP contribution is 2.73. The molecule has 6 N–H and O–H groups in total. The minimum Gasteiger partial charge on any atom is -0.481 e. The van der Waals surface area contributed by atoms with E-state index in [1.807, 2.05) is 0 Å². The van der Waals surface area contributed by atoms with E-state index in [1.54, 1.807) is 19.0 Å². The Bertz CT molecular complexity index is 999. The van der Waals surface area contributed by atoms with E-state index in [0.717, 1.165) is 57.8 Å². The van der Waals surface area contributed by atoms with Crippen molar-refractivity contribution in [1.82, 2.24) is 4.90 Å². The summed E-state index contributed by atoms with van der Waals surface area (Å²) in [7, 11) is 3.60. The Morgan fingerprint density at radius 3 is 2.41 bits per heavy atom. The number of carboxylic acid groups (broad SMARTS) is 1. The third kappa shape index (κ3) is 4.45. The van der Waals surface area contributed by atoms with Crippen LogP contribution in [0.1, 0.15) is 78.1 Å². The zero-order chi connectivity index (χ0) is 29.5. The van der Waals surface area contributed by atoms with E-state index in [2.05, 4.69) is 13.8 Å². The first kappa shape index (κ1) is 30.2. The van der Waals surface area contributed by atoms with Crippen LogP contribution < -0.4 is 5.73 Å². The van der Waals surface area contributed by atoms with Gasteiger partial charge in [0.1, 0.15) is 24.5 Å². The summed E-state index contributed by atoms with van der Waals surface area (Å²) in [6, 6.07) is -0.585. The summed E-state index contributed by atoms with van der Waals surface area (Å²) in [6.45, 7) is 4.50. The Kier molecular flexibility index (Phi) is 7.84. The molecule has 6 aliphatic rings. The van der Waals surface area contributed by atoms with Gasteiger partial charge in [0.15, 0.2) is 6.29 Å². The second kappa shape index (κ2) is 10.6. The second-order valence-electron chi connectivity index (χ2n) is 15.0. The van der Waals surface area contributed by atoms with Crippen LogP contribution in [0.5, 0.6) is 0 Å². The molecule has 10 nitrogen and oxygen atoms in total. The number of nitrogens with zero attached hydrogens (tertiary/aromatic N) is 1. The molecule has 0 radical (unpaired) electrons. The van der Waals surface area contributed by atoms with Crippen LogP contribution in [0.15, 0.2) is 0 Å². The summed E-state index contributed by atoms with van der Waals surface area (Å²) in [4.78, 5) is 13.4. The molecular formula is C31H52N2O8. The first-order valence-electron chi connectivity index (χ1n) is 16.0. The topological polar surface area (TPSA) is 155 Å². The number of rotatable bonds is 6. The molecule has 2 bridgehead atoms. The molecule has 2 heterocycles. The van der Waals surface area contributed by atoms with Gasteiger partial charge in [-0.15, -0.1) is 0 Å². The largest absolute Gasteiger partial charge is 0.481 e. The van der Waals surface area contributed by atoms with Crippen LogP contribution in [-0.2, 0) is 19.0 Å². The Balaban J connectivity index is 1.17. The Morgan fingerprint density at radius 1 is 1.00 bits per heavy atom. The summed E-state index contributed by atoms with van der Waals surface area (Å²) in [5.74, 6) is 0.831. The summed E-state index contributed by atoms with van der Waals surface area (Å²) in [5.41, 5.74) is 6.46. The lowest BCUT2D eigenvalue weighted by Gasteiger charge is -2.67. The molecule has 6 fully saturated rings. The predicted molar refractivity (Wildman–Crippen MR) is 149 cm³/mol. The van der Waals surface area contributed by atoms with E-state index in [0.29, 0.717) is 23.7 Å². The number of carbonyl (C=O) groups is 1. The van der Waals surface area contributed by atoms with E-state index >= 15 is 0 Å². The minimum absolute atomic E-state index is 0.0289. The van der Waals surface area contributed by atoms with Gasteiger partial charge in [0.2, 0.25) is 0 Å². The molecule has 41 heavy (non-hydrogen) atoms. The van der Waals surface area contributed by atoms with E-state index < -0.39 is 42.8 Å². The Labute approximate surface area is 243 Å². The molecule has 0 aromatic rings. The highest BCUT2D eigenvalue weighted by atomic mass is 16.7. The van der Waals surface area contributed by atoms with Gasteiger partial charge in [-0.3, -0.25) is 4.79 Å². The number of aliphatic carboxylic acids is 1. The summed E-state index contributed by atoms with van der Waals surface area (Å²) in [5, 5.41) is 41.0. The fraction of sp³-hybridized carbons (Fsp3) is 0.968. The zero-order valence-electron chi connectivity index (χ0n) is 25.2. The van der Waals surface area contributed by atoms with Crippen molar-refractivity contribution in [3.63, 3.8) is 0 Å². The van der Waals surface area contributed by atoms with Crippen molar-refractivity contribution in [2.75, 3.05) is 20.7 Å². The van der Waals surface area contributed by atoms with Gasteiger partial charge in [0.05, 0.1) is 30.8 Å². The van der Waals surface area contributed by atoms with Gasteiger partial charge >= 0.3 is 5.97 Å². The lowest BCUT2D eigenvalue weighted by Crippen LogP contribution is -2.68. The van der Waals surface area contributed by atoms with Gasteiger partial charge in [0, 0.05) is 11.3 Å². The standard InChI is InChI=1S/C31H52N2O8/c1-29-10-7-17(39-28-26(38)24(33(3)4)25(37)22(15-34)40-28)13-16(29)5-6-21-20(29)8-11-30(2)19-9-12-31(21,30)41-27(32)18(19)14-23(35)36/h16-22,24-28,34,37-38H,5-15,32H2,1-4H3,(H,35,36)/t16-,17+,18-,19-,20+,21-,22-,24+,25-,26-,27+,28-,29+,30-,31+/m1/s1. The van der Waals surface area contributed by atoms with Crippen LogP contribution in [0.3, 0.4) is 0 Å². The first-order valence-corrected chi connectivity index (χ1v) is 16.0. The van der Waals surface area contributed by atoms with Crippen molar-refractivity contribution in [2.45, 2.75) is 127 Å². The van der Waals surface area contributed by atoms with Crippen LogP contribution in [0.25, 0.3) is 0 Å². The van der Waals surface area contributed by atoms with Crippen LogP contribution in [-0.4, -0.2) is 101 Å². The molecule has 2 aliphatic heterocycles. The van der Waals surface area contributed by atoms with E-state index in [-0.39, 0.29) is 41.5 Å². The molecule has 4 aliphatic carbocycles. The molecule has 234 valence electrons. The van der Waals surface area contributed by atoms with Gasteiger partial charge in [-0.2, -0.15) is 0 Å². The number of aliphatic hydroxyl groups excluding tert-OH is 3. The summed E-state index contributed by atoms with van der Waals surface area (Å²) < 4.78 is 19.2. The fourth-order valence-electron chi connectivity index (χ4n) is 11.3. The average Bonchev–Trinajstić information content (AvgIpc) is 3.11. The third-order valence-electron chi connectivity index (χ3n) is 13.3. The van der Waals surface area contributed by atoms with Gasteiger partial charge in [-0.05, 0) is 101 Å². The van der Waals surface area contributed by atoms with E-state index in [1.165, 1.54) is 0 Å². The van der Waals surface area contributed by atoms with E-state index in [9.17, 15) is 25.2 Å². The van der Waals surface area contributed by atoms with Gasteiger partial charge in [-0.1, -0.05) is 13.8 Å². The van der Waals surface area contributed by atoms with Crippen molar-refractivity contribution in [1.29, 1.82) is 0 Å². The molecule has 0 spiro atoms. The predicted octanol–water partition coefficient (Wildman–Crippen LogP) is 1.93. The molecule has 2 saturated heterocycles. The number of likely N-dealkylation sites (N-methyl/N-ethyl adjacent to an activating group) is 1. The summed E-state index contributed by atoms with van der Waals surface area (Å²) >= 11 is 0. The van der Waals surface area contributed by atoms with Crippen molar-refractivity contribution in [2.24, 2.45) is 46.2 Å². The monoisotopic (exact) mass is 580 g/mol. The van der Waals surface area contributed by atoms with Gasteiger partial charge < -0.3 is 45.3 Å². The highest BCUT2D eigenvalue weighted by molar-refractivity contribution is 5.67. The van der Waals surface area contributed by atoms with Crippen molar-refractivity contribution >= 4 is 5.97 Å². The molecule has 10 heteroatoms. The van der Waals surface area contributed by atoms with Crippen LogP contribution >= 0.6 is 0 Å². The molecule has 0 aromatic heterocycles. The fourth-order valence-corrected chi connectivity index (χ4v) is 11.3. The highest BCUT2D eigenvalue weighted by Gasteiger charge is 2.72. The van der Waals surface area contributed by atoms with Crippen molar-refractivity contribution in [3.8, 4) is 0 Å². The number of aliphatic hydroxyl groups is 3. The Hall–Kier alpha value is -0.850. The number of hydrogen-bond donors (Lipinski definition) is 5. The molecule has 0 unspecified atom stereocenters. The molecule has 0 aromatic carbocycles. The third-order valence-corrected chi connectivity index (χ3v) is 13.3. The maximum Gasteiger partial charge on any atom is 0.303 e. The normalized spacial score (nSPS) is 54.8.